The van der Waals surface area contributed by atoms with Crippen LogP contribution in [0.25, 0.3) is 11.0 Å². The average Bonchev–Trinajstić information content (AvgIpc) is 2.89. The fraction of sp³-hybridized carbons (Fsp3) is 0.214. The lowest BCUT2D eigenvalue weighted by Crippen LogP contribution is -2.06. The molecule has 0 aliphatic carbocycles. The number of nitrogens with zero attached hydrogens (tertiary/aromatic N) is 4. The molecule has 0 fully saturated rings. The summed E-state index contributed by atoms with van der Waals surface area (Å²) in [5, 5.41) is 4.41. The van der Waals surface area contributed by atoms with Gasteiger partial charge < -0.3 is 14.0 Å². The molecule has 0 radical (unpaired) electrons. The Labute approximate surface area is 141 Å². The molecule has 0 amide bonds. The van der Waals surface area contributed by atoms with Gasteiger partial charge in [0.15, 0.2) is 5.82 Å². The second kappa shape index (κ2) is 5.95. The number of benzene rings is 1. The first-order valence-electron chi connectivity index (χ1n) is 6.61. The van der Waals surface area contributed by atoms with E-state index >= 15 is 0 Å². The Hall–Kier alpha value is -2.10. The first kappa shape index (κ1) is 14.8. The zero-order valence-corrected chi connectivity index (χ0v) is 14.3. The van der Waals surface area contributed by atoms with Gasteiger partial charge in [0.05, 0.1) is 42.7 Å². The van der Waals surface area contributed by atoms with Crippen molar-refractivity contribution in [3.63, 3.8) is 0 Å². The lowest BCUT2D eigenvalue weighted by molar-refractivity contribution is 0.407. The van der Waals surface area contributed by atoms with Gasteiger partial charge in [0.2, 0.25) is 5.95 Å². The number of nitrogens with one attached hydrogen (secondary N) is 1. The van der Waals surface area contributed by atoms with Crippen LogP contribution in [-0.4, -0.2) is 26.9 Å². The van der Waals surface area contributed by atoms with Gasteiger partial charge in [-0.3, -0.25) is 4.68 Å². The molecule has 0 saturated carbocycles. The molecular formula is C14H15IN6O. The van der Waals surface area contributed by atoms with Crippen LogP contribution >= 0.6 is 22.9 Å². The largest absolute Gasteiger partial charge is 0.496 e. The molecule has 0 aliphatic heterocycles. The molecule has 0 atom stereocenters. The second-order valence-corrected chi connectivity index (χ2v) is 5.42. The number of fused-ring (bicyclic) bond motifs is 1. The SMILES string of the molecule is COc1ccc(C)cc1Cn1ncc2nc(N)nc(NI)c21. The third-order valence-corrected chi connectivity index (χ3v) is 3.86. The van der Waals surface area contributed by atoms with Gasteiger partial charge in [-0.15, -0.1) is 0 Å². The lowest BCUT2D eigenvalue weighted by atomic mass is 10.1. The summed E-state index contributed by atoms with van der Waals surface area (Å²) in [6, 6.07) is 6.06. The second-order valence-electron chi connectivity index (χ2n) is 4.88. The van der Waals surface area contributed by atoms with Crippen LogP contribution in [0.5, 0.6) is 5.75 Å². The van der Waals surface area contributed by atoms with Gasteiger partial charge in [-0.05, 0) is 13.0 Å². The van der Waals surface area contributed by atoms with Crippen molar-refractivity contribution in [3.05, 3.63) is 35.5 Å². The highest BCUT2D eigenvalue weighted by Gasteiger charge is 2.14. The van der Waals surface area contributed by atoms with E-state index in [4.69, 9.17) is 10.5 Å². The number of aromatic nitrogens is 4. The van der Waals surface area contributed by atoms with Gasteiger partial charge >= 0.3 is 0 Å². The van der Waals surface area contributed by atoms with Crippen molar-refractivity contribution in [3.8, 4) is 5.75 Å². The van der Waals surface area contributed by atoms with Gasteiger partial charge in [0.1, 0.15) is 16.8 Å². The van der Waals surface area contributed by atoms with Crippen LogP contribution < -0.4 is 14.0 Å². The van der Waals surface area contributed by atoms with Gasteiger partial charge in [-0.1, -0.05) is 17.7 Å². The minimum Gasteiger partial charge on any atom is -0.496 e. The number of halogens is 1. The number of hydrogen-bond donors (Lipinski definition) is 2. The number of anilines is 2. The molecule has 3 N–H and O–H groups in total. The molecule has 0 spiro atoms. The minimum atomic E-state index is 0.222. The van der Waals surface area contributed by atoms with Crippen LogP contribution in [0.2, 0.25) is 0 Å². The van der Waals surface area contributed by atoms with E-state index in [0.717, 1.165) is 16.8 Å². The van der Waals surface area contributed by atoms with E-state index in [1.54, 1.807) is 13.3 Å². The van der Waals surface area contributed by atoms with E-state index in [1.165, 1.54) is 5.56 Å². The van der Waals surface area contributed by atoms with Crippen LogP contribution in [0, 0.1) is 6.92 Å². The third-order valence-electron chi connectivity index (χ3n) is 3.35. The highest BCUT2D eigenvalue weighted by Crippen LogP contribution is 2.26. The number of rotatable bonds is 4. The number of nitrogen functional groups attached to an aromatic ring is 1. The van der Waals surface area contributed by atoms with Crippen LogP contribution in [0.1, 0.15) is 11.1 Å². The number of nitrogens with two attached hydrogens (primary N) is 1. The monoisotopic (exact) mass is 410 g/mol. The average molecular weight is 410 g/mol. The first-order valence-corrected chi connectivity index (χ1v) is 7.69. The normalized spacial score (nSPS) is 10.9. The molecule has 1 aromatic carbocycles. The molecule has 0 aliphatic rings. The van der Waals surface area contributed by atoms with Crippen LogP contribution in [0.15, 0.2) is 24.4 Å². The Kier molecular flexibility index (Phi) is 4.01. The van der Waals surface area contributed by atoms with E-state index in [9.17, 15) is 0 Å². The summed E-state index contributed by atoms with van der Waals surface area (Å²) in [5.74, 6) is 1.70. The Morgan fingerprint density at radius 2 is 2.18 bits per heavy atom. The molecule has 3 aromatic rings. The smallest absolute Gasteiger partial charge is 0.222 e. The summed E-state index contributed by atoms with van der Waals surface area (Å²) in [4.78, 5) is 8.43. The van der Waals surface area contributed by atoms with Crippen molar-refractivity contribution in [1.82, 2.24) is 19.7 Å². The number of aryl methyl sites for hydroxylation is 1. The van der Waals surface area contributed by atoms with Crippen LogP contribution in [-0.2, 0) is 6.54 Å². The number of hydrogen-bond acceptors (Lipinski definition) is 6. The van der Waals surface area contributed by atoms with E-state index in [0.29, 0.717) is 17.9 Å². The highest BCUT2D eigenvalue weighted by molar-refractivity contribution is 14.1. The van der Waals surface area contributed by atoms with Gasteiger partial charge in [-0.2, -0.15) is 10.1 Å². The molecule has 22 heavy (non-hydrogen) atoms. The van der Waals surface area contributed by atoms with Gasteiger partial charge in [0.25, 0.3) is 0 Å². The van der Waals surface area contributed by atoms with Crippen molar-refractivity contribution < 1.29 is 4.74 Å². The topological polar surface area (TPSA) is 90.9 Å². The fourth-order valence-corrected chi connectivity index (χ4v) is 2.77. The molecule has 2 heterocycles. The minimum absolute atomic E-state index is 0.222. The van der Waals surface area contributed by atoms with E-state index in [2.05, 4.69) is 24.7 Å². The zero-order valence-electron chi connectivity index (χ0n) is 12.2. The number of ether oxygens (including phenoxy) is 1. The van der Waals surface area contributed by atoms with Crippen molar-refractivity contribution >= 4 is 45.7 Å². The lowest BCUT2D eigenvalue weighted by Gasteiger charge is -2.11. The summed E-state index contributed by atoms with van der Waals surface area (Å²) < 4.78 is 10.3. The first-order chi connectivity index (χ1) is 10.6. The molecule has 0 saturated heterocycles. The highest BCUT2D eigenvalue weighted by atomic mass is 127. The van der Waals surface area contributed by atoms with E-state index in [-0.39, 0.29) is 5.95 Å². The van der Waals surface area contributed by atoms with Crippen LogP contribution in [0.4, 0.5) is 11.8 Å². The predicted octanol–water partition coefficient (Wildman–Crippen LogP) is 2.54. The Balaban J connectivity index is 2.10. The molecular weight excluding hydrogens is 395 g/mol. The maximum Gasteiger partial charge on any atom is 0.222 e. The maximum atomic E-state index is 5.71. The Bertz CT molecular complexity index is 832. The van der Waals surface area contributed by atoms with Crippen LogP contribution in [0.3, 0.4) is 0 Å². The van der Waals surface area contributed by atoms with Gasteiger partial charge in [-0.25, -0.2) is 4.98 Å². The molecule has 7 nitrogen and oxygen atoms in total. The van der Waals surface area contributed by atoms with Crippen molar-refractivity contribution in [2.75, 3.05) is 16.4 Å². The number of methoxy groups -OCH3 is 1. The molecule has 0 bridgehead atoms. The van der Waals surface area contributed by atoms with Gasteiger partial charge in [0, 0.05) is 5.56 Å². The summed E-state index contributed by atoms with van der Waals surface area (Å²) in [6.07, 6.45) is 1.69. The standard InChI is InChI=1S/C14H15IN6O/c1-8-3-4-11(22-2)9(5-8)7-21-12-10(6-17-21)18-14(16)19-13(12)20-15/h3-6H,7H2,1-2H3,(H3,16,18,19,20). The van der Waals surface area contributed by atoms with Crippen molar-refractivity contribution in [1.29, 1.82) is 0 Å². The summed E-state index contributed by atoms with van der Waals surface area (Å²) in [7, 11) is 1.66. The van der Waals surface area contributed by atoms with Crippen molar-refractivity contribution in [2.24, 2.45) is 0 Å². The molecule has 0 unspecified atom stereocenters. The third kappa shape index (κ3) is 2.65. The quantitative estimate of drug-likeness (QED) is 0.508. The molecule has 114 valence electrons. The molecule has 8 heteroatoms. The summed E-state index contributed by atoms with van der Waals surface area (Å²) in [6.45, 7) is 2.61. The molecule has 3 rings (SSSR count). The molecule has 2 aromatic heterocycles. The van der Waals surface area contributed by atoms with E-state index < -0.39 is 0 Å². The van der Waals surface area contributed by atoms with E-state index in [1.807, 2.05) is 46.6 Å². The summed E-state index contributed by atoms with van der Waals surface area (Å²) >= 11 is 2.02. The zero-order chi connectivity index (χ0) is 15.7. The predicted molar refractivity (Wildman–Crippen MR) is 94.2 cm³/mol. The maximum absolute atomic E-state index is 5.71. The fourth-order valence-electron chi connectivity index (χ4n) is 2.39. The van der Waals surface area contributed by atoms with Crippen molar-refractivity contribution in [2.45, 2.75) is 13.5 Å². The Morgan fingerprint density at radius 1 is 1.36 bits per heavy atom. The summed E-state index contributed by atoms with van der Waals surface area (Å²) in [5.41, 5.74) is 9.44. The Morgan fingerprint density at radius 3 is 2.91 bits per heavy atom.